The average Bonchev–Trinajstić information content (AvgIpc) is 2.77. The van der Waals surface area contributed by atoms with E-state index in [2.05, 4.69) is 10.4 Å². The smallest absolute Gasteiger partial charge is 0.459 e. The van der Waals surface area contributed by atoms with Crippen LogP contribution in [0.5, 0.6) is 0 Å². The van der Waals surface area contributed by atoms with Crippen molar-refractivity contribution in [1.82, 2.24) is 19.8 Å². The van der Waals surface area contributed by atoms with E-state index in [-0.39, 0.29) is 57.1 Å². The molecule has 25 heavy (non-hydrogen) atoms. The van der Waals surface area contributed by atoms with E-state index in [1.54, 1.807) is 20.8 Å². The number of tetrazole rings is 1. The second kappa shape index (κ2) is 8.17. The number of halogens is 3. The topological polar surface area (TPSA) is 79.0 Å². The average molecular weight is 382 g/mol. The third-order valence-corrected chi connectivity index (χ3v) is 2.83. The number of aromatic nitrogens is 4. The van der Waals surface area contributed by atoms with Gasteiger partial charge in [-0.05, 0) is 37.3 Å². The van der Waals surface area contributed by atoms with Gasteiger partial charge in [0, 0.05) is 0 Å². The zero-order chi connectivity index (χ0) is 18.1. The molecule has 0 amide bonds. The van der Waals surface area contributed by atoms with Crippen LogP contribution in [0.3, 0.4) is 0 Å². The summed E-state index contributed by atoms with van der Waals surface area (Å²) in [6.45, 7) is -0.707. The first-order valence-corrected chi connectivity index (χ1v) is 7.02. The minimum absolute atomic E-state index is 0. The van der Waals surface area contributed by atoms with Gasteiger partial charge in [-0.3, -0.25) is 4.79 Å². The minimum atomic E-state index is -5.20. The van der Waals surface area contributed by atoms with E-state index in [0.717, 1.165) is 16.8 Å². The van der Waals surface area contributed by atoms with Gasteiger partial charge in [0.05, 0.1) is 5.69 Å². The quantitative estimate of drug-likeness (QED) is 0.444. The maximum absolute atomic E-state index is 12.8. The Bertz CT molecular complexity index is 814. The molecule has 0 spiro atoms. The normalized spacial score (nSPS) is 11.8. The minimum Gasteiger partial charge on any atom is -0.459 e. The number of ether oxygens (including phenoxy) is 1. The van der Waals surface area contributed by atoms with E-state index in [0.29, 0.717) is 4.68 Å². The molecular weight excluding hydrogens is 367 g/mol. The van der Waals surface area contributed by atoms with Gasteiger partial charge in [-0.1, -0.05) is 18.2 Å². The molecule has 0 saturated carbocycles. The van der Waals surface area contributed by atoms with E-state index in [1.165, 1.54) is 12.1 Å². The van der Waals surface area contributed by atoms with Gasteiger partial charge in [0.25, 0.3) is 0 Å². The Balaban J connectivity index is 0.00000312. The fourth-order valence-corrected chi connectivity index (χ4v) is 1.89. The molecule has 130 valence electrons. The van der Waals surface area contributed by atoms with E-state index in [9.17, 15) is 22.5 Å². The van der Waals surface area contributed by atoms with Crippen molar-refractivity contribution in [3.63, 3.8) is 0 Å². The molecule has 0 atom stereocenters. The summed E-state index contributed by atoms with van der Waals surface area (Å²) < 4.78 is 44.8. The van der Waals surface area contributed by atoms with Gasteiger partial charge >= 0.3 is 70.0 Å². The maximum atomic E-state index is 12.8. The molecule has 1 aromatic heterocycles. The van der Waals surface area contributed by atoms with Gasteiger partial charge in [-0.25, -0.2) is 4.79 Å². The third kappa shape index (κ3) is 6.06. The molecule has 0 radical (unpaired) electrons. The zero-order valence-electron chi connectivity index (χ0n) is 14.2. The van der Waals surface area contributed by atoms with Crippen LogP contribution in [-0.2, 0) is 16.1 Å². The molecule has 12 heteroatoms. The SMILES string of the molecule is CC(C)(C)OC(=O)Cn1nnn(-c2cccc([B-](F)(F)F)c2)c1=O.[K+]. The molecule has 0 aliphatic heterocycles. The fourth-order valence-electron chi connectivity index (χ4n) is 1.89. The van der Waals surface area contributed by atoms with Crippen LogP contribution in [0.15, 0.2) is 29.1 Å². The molecule has 0 aliphatic rings. The Morgan fingerprint density at radius 2 is 1.88 bits per heavy atom. The number of hydrogen-bond donors (Lipinski definition) is 0. The van der Waals surface area contributed by atoms with Gasteiger partial charge in [-0.2, -0.15) is 9.36 Å². The fraction of sp³-hybridized carbons (Fsp3) is 0.385. The van der Waals surface area contributed by atoms with E-state index >= 15 is 0 Å². The van der Waals surface area contributed by atoms with Crippen LogP contribution in [0.25, 0.3) is 5.69 Å². The molecule has 0 unspecified atom stereocenters. The van der Waals surface area contributed by atoms with Gasteiger partial charge in [-0.15, -0.1) is 5.46 Å². The van der Waals surface area contributed by atoms with E-state index < -0.39 is 36.2 Å². The van der Waals surface area contributed by atoms with Crippen LogP contribution < -0.4 is 62.5 Å². The van der Waals surface area contributed by atoms with Gasteiger partial charge < -0.3 is 17.7 Å². The Labute approximate surface area is 184 Å². The number of benzene rings is 1. The first-order chi connectivity index (χ1) is 11.0. The van der Waals surface area contributed by atoms with E-state index in [1.807, 2.05) is 0 Å². The van der Waals surface area contributed by atoms with Crippen LogP contribution in [0.1, 0.15) is 20.8 Å². The predicted octanol–water partition coefficient (Wildman–Crippen LogP) is -2.17. The first kappa shape index (κ1) is 22.1. The second-order valence-electron chi connectivity index (χ2n) is 6.09. The van der Waals surface area contributed by atoms with Crippen LogP contribution in [0, 0.1) is 0 Å². The zero-order valence-corrected chi connectivity index (χ0v) is 17.4. The van der Waals surface area contributed by atoms with Crippen LogP contribution in [-0.4, -0.2) is 38.3 Å². The molecule has 7 nitrogen and oxygen atoms in total. The van der Waals surface area contributed by atoms with Crippen LogP contribution >= 0.6 is 0 Å². The molecule has 0 bridgehead atoms. The van der Waals surface area contributed by atoms with E-state index in [4.69, 9.17) is 4.74 Å². The maximum Gasteiger partial charge on any atom is 1.00 e. The molecule has 2 aromatic rings. The summed E-state index contributed by atoms with van der Waals surface area (Å²) in [6, 6.07) is 4.16. The largest absolute Gasteiger partial charge is 1.00 e. The summed E-state index contributed by atoms with van der Waals surface area (Å²) in [5.74, 6) is -0.705. The molecule has 0 saturated heterocycles. The third-order valence-electron chi connectivity index (χ3n) is 2.83. The van der Waals surface area contributed by atoms with Crippen molar-refractivity contribution in [3.05, 3.63) is 34.7 Å². The van der Waals surface area contributed by atoms with Crippen LogP contribution in [0.2, 0.25) is 0 Å². The summed E-state index contributed by atoms with van der Waals surface area (Å²) in [5, 5.41) is 7.00. The monoisotopic (exact) mass is 382 g/mol. The van der Waals surface area contributed by atoms with Gasteiger partial charge in [0.15, 0.2) is 0 Å². The van der Waals surface area contributed by atoms with Crippen molar-refractivity contribution in [2.24, 2.45) is 0 Å². The standard InChI is InChI=1S/C13H15BF3N4O3.K/c1-13(2,3)24-11(22)8-20-12(23)21(19-18-20)10-6-4-5-9(7-10)14(15,16)17;/h4-7H,8H2,1-3H3;/q-1;+1. The van der Waals surface area contributed by atoms with Gasteiger partial charge in [0.2, 0.25) is 0 Å². The number of rotatable bonds is 4. The number of hydrogen-bond acceptors (Lipinski definition) is 5. The number of carbonyl (C=O) groups is 1. The molecular formula is C13H15BF3KN4O3. The predicted molar refractivity (Wildman–Crippen MR) is 80.2 cm³/mol. The summed E-state index contributed by atoms with van der Waals surface area (Å²) >= 11 is 0. The molecule has 0 fully saturated rings. The van der Waals surface area contributed by atoms with Crippen molar-refractivity contribution in [1.29, 1.82) is 0 Å². The van der Waals surface area contributed by atoms with Crippen molar-refractivity contribution in [2.75, 3.05) is 0 Å². The second-order valence-corrected chi connectivity index (χ2v) is 6.09. The van der Waals surface area contributed by atoms with Crippen molar-refractivity contribution in [3.8, 4) is 5.69 Å². The van der Waals surface area contributed by atoms with Crippen LogP contribution in [0.4, 0.5) is 12.9 Å². The Morgan fingerprint density at radius 3 is 2.44 bits per heavy atom. The summed E-state index contributed by atoms with van der Waals surface area (Å²) in [7, 11) is 0. The molecule has 1 heterocycles. The summed E-state index contributed by atoms with van der Waals surface area (Å²) in [5.41, 5.74) is -2.53. The molecule has 0 aliphatic carbocycles. The molecule has 0 N–H and O–H groups in total. The Morgan fingerprint density at radius 1 is 1.24 bits per heavy atom. The van der Waals surface area contributed by atoms with Crippen molar-refractivity contribution >= 4 is 18.4 Å². The number of esters is 1. The number of nitrogens with zero attached hydrogens (tertiary/aromatic N) is 4. The summed E-state index contributed by atoms with van der Waals surface area (Å²) in [4.78, 5) is 23.9. The Hall–Kier alpha value is -0.949. The van der Waals surface area contributed by atoms with Gasteiger partial charge in [0.1, 0.15) is 12.1 Å². The summed E-state index contributed by atoms with van der Waals surface area (Å²) in [6.07, 6.45) is 0. The molecule has 1 aromatic carbocycles. The number of carbonyl (C=O) groups excluding carboxylic acids is 1. The van der Waals surface area contributed by atoms with Crippen molar-refractivity contribution < 1.29 is 73.9 Å². The van der Waals surface area contributed by atoms with Crippen molar-refractivity contribution in [2.45, 2.75) is 32.9 Å². The Kier molecular flexibility index (Phi) is 7.22. The molecule has 2 rings (SSSR count). The first-order valence-electron chi connectivity index (χ1n) is 7.02.